The molecule has 0 aliphatic carbocycles. The molecule has 2 N–H and O–H groups in total. The molecular formula is C42H37N7O5S3. The summed E-state index contributed by atoms with van der Waals surface area (Å²) in [5.41, 5.74) is 3.49. The quantitative estimate of drug-likeness (QED) is 0.0554. The Morgan fingerprint density at radius 1 is 1.02 bits per heavy atom. The molecule has 0 unspecified atom stereocenters. The lowest BCUT2D eigenvalue weighted by atomic mass is 9.77. The van der Waals surface area contributed by atoms with Gasteiger partial charge in [-0.15, -0.1) is 23.1 Å². The Balaban J connectivity index is 1.05. The van der Waals surface area contributed by atoms with Crippen LogP contribution in [0, 0.1) is 6.92 Å². The molecular weight excluding hydrogens is 779 g/mol. The molecule has 288 valence electrons. The predicted octanol–water partition coefficient (Wildman–Crippen LogP) is 4.85. The molecule has 3 aromatic carbocycles. The fraction of sp³-hybridized carbons (Fsp3) is 0.190. The number of β-lactam (4-membered cyclic amide) rings is 1. The minimum Gasteiger partial charge on any atom is -0.543 e. The molecule has 12 nitrogen and oxygen atoms in total. The van der Waals surface area contributed by atoms with Crippen LogP contribution in [0.2, 0.25) is 0 Å². The smallest absolute Gasteiger partial charge is 0.276 e. The third kappa shape index (κ3) is 7.02. The molecule has 6 aromatic rings. The Kier molecular flexibility index (Phi) is 10.5. The van der Waals surface area contributed by atoms with E-state index in [-0.39, 0.29) is 23.7 Å². The highest BCUT2D eigenvalue weighted by molar-refractivity contribution is 8.00. The predicted molar refractivity (Wildman–Crippen MR) is 220 cm³/mol. The van der Waals surface area contributed by atoms with Crippen LogP contribution in [0.1, 0.15) is 39.9 Å². The highest BCUT2D eigenvalue weighted by Crippen LogP contribution is 2.42. The number of imidazole rings is 1. The third-order valence-corrected chi connectivity index (χ3v) is 13.1. The Bertz CT molecular complexity index is 2470. The van der Waals surface area contributed by atoms with E-state index in [1.807, 2.05) is 91.7 Å². The number of carbonyl (C=O) groups excluding carboxylic acids is 3. The van der Waals surface area contributed by atoms with Gasteiger partial charge in [-0.3, -0.25) is 14.5 Å². The monoisotopic (exact) mass is 815 g/mol. The summed E-state index contributed by atoms with van der Waals surface area (Å²) >= 11 is 4.24. The molecule has 0 spiro atoms. The number of fused-ring (bicyclic) bond motifs is 2. The molecule has 0 saturated carbocycles. The summed E-state index contributed by atoms with van der Waals surface area (Å²) in [5.74, 6) is -2.40. The number of aryl methyl sites for hydroxylation is 2. The van der Waals surface area contributed by atoms with Gasteiger partial charge in [0.05, 0.1) is 23.6 Å². The summed E-state index contributed by atoms with van der Waals surface area (Å²) in [5, 5.41) is 24.7. The van der Waals surface area contributed by atoms with Gasteiger partial charge >= 0.3 is 0 Å². The van der Waals surface area contributed by atoms with E-state index in [1.54, 1.807) is 29.7 Å². The lowest BCUT2D eigenvalue weighted by Gasteiger charge is -2.50. The van der Waals surface area contributed by atoms with Crippen LogP contribution in [0.4, 0.5) is 5.13 Å². The van der Waals surface area contributed by atoms with Crippen molar-refractivity contribution in [3.8, 4) is 0 Å². The standard InChI is InChI=1S/C42H37N7O5S3/c1-4-54-46-34(31-24-56-41(43-31)45-42(28-14-8-5-9-15-28,29-16-10-6-11-17-29)30-18-12-7-13-19-30)37(50)44-35-38(51)49-36(40(52)53)27(23-55-39(35)49)20-21-32-26(2)48-25-47(3)22-33(48)57-32/h5-22,24-25,35,39H,4,23H2,1-3H3,(H2-,43,44,45,50,52,53)/b21-20?,46-34-/t35-,39-/m1/s1. The van der Waals surface area contributed by atoms with E-state index in [9.17, 15) is 19.5 Å². The van der Waals surface area contributed by atoms with Crippen molar-refractivity contribution in [2.45, 2.75) is 30.8 Å². The Hall–Kier alpha value is -6.03. The number of hydrogen-bond donors (Lipinski definition) is 2. The average Bonchev–Trinajstić information content (AvgIpc) is 3.93. The molecule has 2 atom stereocenters. The molecule has 2 aliphatic rings. The number of allylic oxidation sites excluding steroid dienone is 1. The first-order valence-corrected chi connectivity index (χ1v) is 20.9. The van der Waals surface area contributed by atoms with Crippen molar-refractivity contribution in [1.82, 2.24) is 19.6 Å². The number of thiazole rings is 2. The third-order valence-electron chi connectivity index (χ3n) is 9.86. The topological polar surface area (TPSA) is 144 Å². The number of carboxylic acids is 1. The van der Waals surface area contributed by atoms with Crippen LogP contribution in [0.3, 0.4) is 0 Å². The molecule has 1 fully saturated rings. The number of thioether (sulfide) groups is 1. The van der Waals surface area contributed by atoms with Crippen LogP contribution < -0.4 is 20.3 Å². The highest BCUT2D eigenvalue weighted by atomic mass is 32.2. The number of nitrogens with zero attached hydrogens (tertiary/aromatic N) is 5. The molecule has 5 heterocycles. The summed E-state index contributed by atoms with van der Waals surface area (Å²) in [4.78, 5) is 53.5. The van der Waals surface area contributed by atoms with Gasteiger partial charge in [0.15, 0.2) is 10.8 Å². The van der Waals surface area contributed by atoms with E-state index >= 15 is 0 Å². The van der Waals surface area contributed by atoms with Gasteiger partial charge in [0.2, 0.25) is 11.2 Å². The van der Waals surface area contributed by atoms with Crippen molar-refractivity contribution in [3.05, 3.63) is 159 Å². The first-order valence-electron chi connectivity index (χ1n) is 18.1. The lowest BCUT2D eigenvalue weighted by molar-refractivity contribution is -0.670. The van der Waals surface area contributed by atoms with Crippen molar-refractivity contribution in [1.29, 1.82) is 0 Å². The van der Waals surface area contributed by atoms with Gasteiger partial charge in [-0.1, -0.05) is 114 Å². The summed E-state index contributed by atoms with van der Waals surface area (Å²) < 4.78 is 4.04. The number of anilines is 1. The SMILES string of the molecule is CCO/N=C(\C(=O)N[C@@H]1C(=O)N2C(C(=O)[O-])=C(C=Cc3sc4c[n+](C)cn4c3C)CS[C@H]12)c1csc(NC(c2ccccc2)(c2ccccc2)c2ccccc2)n1. The summed E-state index contributed by atoms with van der Waals surface area (Å²) in [6.45, 7) is 3.93. The molecule has 1 saturated heterocycles. The van der Waals surface area contributed by atoms with Gasteiger partial charge in [-0.2, -0.15) is 4.40 Å². The number of aliphatic carboxylic acids is 1. The Morgan fingerprint density at radius 2 is 1.65 bits per heavy atom. The fourth-order valence-corrected chi connectivity index (χ4v) is 10.3. The summed E-state index contributed by atoms with van der Waals surface area (Å²) in [6.07, 6.45) is 7.58. The van der Waals surface area contributed by atoms with Gasteiger partial charge in [0, 0.05) is 11.1 Å². The fourth-order valence-electron chi connectivity index (χ4n) is 7.16. The van der Waals surface area contributed by atoms with Gasteiger partial charge in [0.1, 0.15) is 41.1 Å². The van der Waals surface area contributed by atoms with E-state index in [2.05, 4.69) is 56.6 Å². The molecule has 0 radical (unpaired) electrons. The van der Waals surface area contributed by atoms with Crippen molar-refractivity contribution in [3.63, 3.8) is 0 Å². The normalized spacial score (nSPS) is 17.1. The van der Waals surface area contributed by atoms with E-state index < -0.39 is 34.7 Å². The number of carbonyl (C=O) groups is 3. The van der Waals surface area contributed by atoms with E-state index in [4.69, 9.17) is 9.82 Å². The van der Waals surface area contributed by atoms with Crippen LogP contribution in [-0.4, -0.2) is 61.6 Å². The molecule has 2 aliphatic heterocycles. The maximum absolute atomic E-state index is 14.0. The average molecular weight is 816 g/mol. The summed E-state index contributed by atoms with van der Waals surface area (Å²) in [6, 6.07) is 29.2. The first kappa shape index (κ1) is 37.9. The molecule has 15 heteroatoms. The lowest BCUT2D eigenvalue weighted by Crippen LogP contribution is -2.71. The van der Waals surface area contributed by atoms with E-state index in [0.29, 0.717) is 16.5 Å². The molecule has 2 amide bonds. The number of nitrogens with one attached hydrogen (secondary N) is 2. The maximum atomic E-state index is 14.0. The molecule has 3 aromatic heterocycles. The molecule has 8 rings (SSSR count). The van der Waals surface area contributed by atoms with Crippen LogP contribution >= 0.6 is 34.4 Å². The maximum Gasteiger partial charge on any atom is 0.276 e. The largest absolute Gasteiger partial charge is 0.543 e. The minimum absolute atomic E-state index is 0.117. The van der Waals surface area contributed by atoms with Crippen molar-refractivity contribution in [2.24, 2.45) is 12.2 Å². The van der Waals surface area contributed by atoms with Gasteiger partial charge in [0.25, 0.3) is 11.8 Å². The highest BCUT2D eigenvalue weighted by Gasteiger charge is 2.53. The second-order valence-corrected chi connectivity index (χ2v) is 16.4. The van der Waals surface area contributed by atoms with Crippen molar-refractivity contribution < 1.29 is 28.9 Å². The number of carboxylic acid groups (broad SMARTS) is 1. The number of amides is 2. The van der Waals surface area contributed by atoms with Crippen molar-refractivity contribution >= 4 is 74.0 Å². The number of aromatic nitrogens is 3. The van der Waals surface area contributed by atoms with Gasteiger partial charge in [-0.05, 0) is 42.2 Å². The number of rotatable bonds is 13. The zero-order valence-electron chi connectivity index (χ0n) is 31.1. The zero-order valence-corrected chi connectivity index (χ0v) is 33.6. The van der Waals surface area contributed by atoms with Crippen LogP contribution in [0.15, 0.2) is 131 Å². The molecule has 0 bridgehead atoms. The molecule has 57 heavy (non-hydrogen) atoms. The van der Waals surface area contributed by atoms with Gasteiger partial charge in [-0.25, -0.2) is 9.55 Å². The zero-order chi connectivity index (χ0) is 39.7. The Morgan fingerprint density at radius 3 is 2.23 bits per heavy atom. The summed E-state index contributed by atoms with van der Waals surface area (Å²) in [7, 11) is 1.95. The van der Waals surface area contributed by atoms with Crippen LogP contribution in [0.25, 0.3) is 10.9 Å². The number of hydrogen-bond acceptors (Lipinski definition) is 11. The first-order chi connectivity index (χ1) is 27.7. The number of benzene rings is 3. The van der Waals surface area contributed by atoms with Gasteiger partial charge < -0.3 is 25.4 Å². The minimum atomic E-state index is -1.46. The number of oxime groups is 1. The van der Waals surface area contributed by atoms with Crippen molar-refractivity contribution in [2.75, 3.05) is 17.7 Å². The van der Waals surface area contributed by atoms with Crippen LogP contribution in [-0.2, 0) is 31.8 Å². The second-order valence-electron chi connectivity index (χ2n) is 13.4. The van der Waals surface area contributed by atoms with Crippen LogP contribution in [0.5, 0.6) is 0 Å². The second kappa shape index (κ2) is 15.8. The van der Waals surface area contributed by atoms with E-state index in [1.165, 1.54) is 28.0 Å². The van der Waals surface area contributed by atoms with E-state index in [0.717, 1.165) is 32.1 Å². The Labute approximate surface area is 340 Å².